The highest BCUT2D eigenvalue weighted by atomic mass is 32.2. The molecule has 0 saturated carbocycles. The number of aliphatic carboxylic acids is 1. The minimum Gasteiger partial charge on any atom is -0.481 e. The van der Waals surface area contributed by atoms with E-state index in [-0.39, 0.29) is 0 Å². The molecule has 0 rings (SSSR count). The van der Waals surface area contributed by atoms with Crippen molar-refractivity contribution in [2.24, 2.45) is 0 Å². The van der Waals surface area contributed by atoms with E-state index in [9.17, 15) is 0 Å². The van der Waals surface area contributed by atoms with E-state index in [0.717, 1.165) is 6.92 Å². The van der Waals surface area contributed by atoms with Gasteiger partial charge in [0.1, 0.15) is 0 Å². The molecule has 4 nitrogen and oxygen atoms in total. The highest BCUT2D eigenvalue weighted by Gasteiger charge is 2.21. The Labute approximate surface area is 76.1 Å². The zero-order chi connectivity index (χ0) is 9.65. The highest BCUT2D eigenvalue weighted by Crippen LogP contribution is 2.18. The third-order valence-electron chi connectivity index (χ3n) is 0.561. The lowest BCUT2D eigenvalue weighted by molar-refractivity contribution is -0.134. The minimum absolute atomic E-state index is 0.833. The normalized spacial score (nSPS) is 12.9. The lowest BCUT2D eigenvalue weighted by atomic mass is 10.4. The molecule has 0 aromatic rings. The fourth-order valence-electron chi connectivity index (χ4n) is 0. The molecule has 3 N–H and O–H groups in total. The van der Waals surface area contributed by atoms with Crippen LogP contribution in [-0.2, 0) is 4.79 Å². The molecule has 0 spiro atoms. The first kappa shape index (κ1) is 13.7. The van der Waals surface area contributed by atoms with Crippen molar-refractivity contribution in [1.82, 2.24) is 0 Å². The van der Waals surface area contributed by atoms with Gasteiger partial charge >= 0.3 is 0 Å². The number of hydrogen-bond acceptors (Lipinski definition) is 5. The van der Waals surface area contributed by atoms with Crippen LogP contribution in [0.15, 0.2) is 0 Å². The smallest absolute Gasteiger partial charge is 0.300 e. The van der Waals surface area contributed by atoms with E-state index in [1.807, 2.05) is 0 Å². The molecule has 0 aliphatic rings. The van der Waals surface area contributed by atoms with Gasteiger partial charge < -0.3 is 15.3 Å². The van der Waals surface area contributed by atoms with Gasteiger partial charge in [-0.1, -0.05) is 0 Å². The Morgan fingerprint density at radius 1 is 1.55 bits per heavy atom. The number of carboxylic acid groups (broad SMARTS) is 1. The van der Waals surface area contributed by atoms with Crippen LogP contribution in [0.25, 0.3) is 0 Å². The van der Waals surface area contributed by atoms with Crippen LogP contribution in [0.2, 0.25) is 0 Å². The van der Waals surface area contributed by atoms with E-state index in [4.69, 9.17) is 20.1 Å². The Kier molecular flexibility index (Phi) is 7.09. The largest absolute Gasteiger partial charge is 0.481 e. The Bertz CT molecular complexity index is 114. The van der Waals surface area contributed by atoms with Crippen molar-refractivity contribution in [3.8, 4) is 0 Å². The van der Waals surface area contributed by atoms with E-state index in [0.29, 0.717) is 0 Å². The van der Waals surface area contributed by atoms with E-state index in [1.165, 1.54) is 6.92 Å². The maximum Gasteiger partial charge on any atom is 0.300 e. The molecule has 68 valence electrons. The molecule has 0 aromatic carbocycles. The fourth-order valence-corrected chi connectivity index (χ4v) is 0. The van der Waals surface area contributed by atoms with Gasteiger partial charge in [0.25, 0.3) is 5.97 Å². The summed E-state index contributed by atoms with van der Waals surface area (Å²) in [6, 6.07) is 0. The van der Waals surface area contributed by atoms with Gasteiger partial charge in [-0.3, -0.25) is 4.79 Å². The van der Waals surface area contributed by atoms with Gasteiger partial charge in [-0.05, 0) is 6.92 Å². The molecule has 0 radical (unpaired) electrons. The first-order valence-corrected chi connectivity index (χ1v) is 3.62. The third kappa shape index (κ3) is 17.8. The van der Waals surface area contributed by atoms with E-state index in [1.54, 1.807) is 0 Å². The minimum atomic E-state index is -1.56. The Balaban J connectivity index is 0. The SMILES string of the molecule is CC(=O)O.CC(O)C(O)(S)S. The van der Waals surface area contributed by atoms with Crippen LogP contribution in [0.1, 0.15) is 13.8 Å². The molecule has 1 atom stereocenters. The molecule has 0 aliphatic heterocycles. The molecule has 0 fully saturated rings. The van der Waals surface area contributed by atoms with Gasteiger partial charge in [0.15, 0.2) is 4.27 Å². The first-order chi connectivity index (χ1) is 4.68. The maximum atomic E-state index is 9.00. The van der Waals surface area contributed by atoms with Gasteiger partial charge in [-0.2, -0.15) is 0 Å². The van der Waals surface area contributed by atoms with Gasteiger partial charge in [-0.15, -0.1) is 25.3 Å². The second-order valence-electron chi connectivity index (χ2n) is 1.88. The van der Waals surface area contributed by atoms with Crippen molar-refractivity contribution in [1.29, 1.82) is 0 Å². The van der Waals surface area contributed by atoms with Gasteiger partial charge in [0, 0.05) is 6.92 Å². The first-order valence-electron chi connectivity index (χ1n) is 2.72. The second-order valence-corrected chi connectivity index (χ2v) is 3.60. The summed E-state index contributed by atoms with van der Waals surface area (Å²) in [6.07, 6.45) is -0.917. The second kappa shape index (κ2) is 5.70. The molecule has 0 saturated heterocycles. The Morgan fingerprint density at radius 3 is 1.64 bits per heavy atom. The predicted octanol–water partition coefficient (Wildman–Crippen LogP) is -0.0362. The molecule has 0 amide bonds. The number of carboxylic acids is 1. The monoisotopic (exact) mass is 200 g/mol. The molecular formula is C5H12O4S2. The third-order valence-corrected chi connectivity index (χ3v) is 1.31. The molecule has 0 aliphatic carbocycles. The van der Waals surface area contributed by atoms with Gasteiger partial charge in [-0.25, -0.2) is 0 Å². The summed E-state index contributed by atoms with van der Waals surface area (Å²) in [4.78, 5) is 9.00. The highest BCUT2D eigenvalue weighted by molar-refractivity contribution is 8.00. The number of hydrogen-bond donors (Lipinski definition) is 5. The average molecular weight is 200 g/mol. The molecule has 11 heavy (non-hydrogen) atoms. The van der Waals surface area contributed by atoms with Crippen LogP contribution in [0.4, 0.5) is 0 Å². The van der Waals surface area contributed by atoms with E-state index >= 15 is 0 Å². The fraction of sp³-hybridized carbons (Fsp3) is 0.800. The standard InChI is InChI=1S/C3H8O2S2.C2H4O2/c1-2(4)3(5,6)7;1-2(3)4/h2,4-7H,1H3;1H3,(H,3,4). The van der Waals surface area contributed by atoms with E-state index in [2.05, 4.69) is 25.3 Å². The summed E-state index contributed by atoms with van der Waals surface area (Å²) in [6.45, 7) is 2.49. The summed E-state index contributed by atoms with van der Waals surface area (Å²) in [5.41, 5.74) is 0. The van der Waals surface area contributed by atoms with Crippen molar-refractivity contribution in [3.05, 3.63) is 0 Å². The molecule has 0 bridgehead atoms. The summed E-state index contributed by atoms with van der Waals surface area (Å²) >= 11 is 7.04. The molecule has 0 heterocycles. The molecule has 1 unspecified atom stereocenters. The van der Waals surface area contributed by atoms with Gasteiger partial charge in [0.2, 0.25) is 0 Å². The average Bonchev–Trinajstić information content (AvgIpc) is 1.59. The lowest BCUT2D eigenvalue weighted by Gasteiger charge is -2.17. The topological polar surface area (TPSA) is 77.8 Å². The van der Waals surface area contributed by atoms with Crippen LogP contribution in [-0.4, -0.2) is 31.7 Å². The summed E-state index contributed by atoms with van der Waals surface area (Å²) in [7, 11) is 0. The number of rotatable bonds is 1. The molecule has 6 heteroatoms. The maximum absolute atomic E-state index is 9.00. The van der Waals surface area contributed by atoms with Crippen LogP contribution in [0.3, 0.4) is 0 Å². The zero-order valence-electron chi connectivity index (χ0n) is 6.22. The zero-order valence-corrected chi connectivity index (χ0v) is 8.01. The van der Waals surface area contributed by atoms with Crippen LogP contribution in [0, 0.1) is 0 Å². The quantitative estimate of drug-likeness (QED) is 0.304. The lowest BCUT2D eigenvalue weighted by Crippen LogP contribution is -2.27. The molecule has 0 aromatic heterocycles. The van der Waals surface area contributed by atoms with Gasteiger partial charge in [0.05, 0.1) is 6.10 Å². The summed E-state index contributed by atoms with van der Waals surface area (Å²) < 4.78 is -1.56. The van der Waals surface area contributed by atoms with Crippen LogP contribution >= 0.6 is 25.3 Å². The van der Waals surface area contributed by atoms with Crippen molar-refractivity contribution >= 4 is 31.2 Å². The van der Waals surface area contributed by atoms with Crippen LogP contribution in [0.5, 0.6) is 0 Å². The molecular weight excluding hydrogens is 188 g/mol. The number of aliphatic hydroxyl groups excluding tert-OH is 1. The van der Waals surface area contributed by atoms with Crippen molar-refractivity contribution in [2.75, 3.05) is 0 Å². The van der Waals surface area contributed by atoms with Crippen molar-refractivity contribution in [2.45, 2.75) is 24.2 Å². The number of carbonyl (C=O) groups is 1. The predicted molar refractivity (Wildman–Crippen MR) is 47.9 cm³/mol. The van der Waals surface area contributed by atoms with Crippen molar-refractivity contribution < 1.29 is 20.1 Å². The number of aliphatic hydroxyl groups is 2. The Hall–Kier alpha value is 0.0900. The summed E-state index contributed by atoms with van der Waals surface area (Å²) in [5.74, 6) is -0.833. The number of thiol groups is 2. The Morgan fingerprint density at radius 2 is 1.64 bits per heavy atom. The summed E-state index contributed by atoms with van der Waals surface area (Å²) in [5, 5.41) is 24.5. The van der Waals surface area contributed by atoms with Crippen molar-refractivity contribution in [3.63, 3.8) is 0 Å². The van der Waals surface area contributed by atoms with E-state index < -0.39 is 16.3 Å². The van der Waals surface area contributed by atoms with Crippen LogP contribution < -0.4 is 0 Å².